The third-order valence-electron chi connectivity index (χ3n) is 6.24. The number of esters is 1. The molecule has 1 aliphatic rings. The number of benzene rings is 2. The molecule has 7 heteroatoms. The van der Waals surface area contributed by atoms with Crippen molar-refractivity contribution in [3.63, 3.8) is 0 Å². The highest BCUT2D eigenvalue weighted by Crippen LogP contribution is 2.39. The Morgan fingerprint density at radius 1 is 1.09 bits per heavy atom. The van der Waals surface area contributed by atoms with Gasteiger partial charge in [0.05, 0.1) is 30.6 Å². The number of methoxy groups -OCH3 is 1. The highest BCUT2D eigenvalue weighted by Gasteiger charge is 2.23. The number of nitrogens with zero attached hydrogens (tertiary/aromatic N) is 3. The van der Waals surface area contributed by atoms with E-state index in [-0.39, 0.29) is 0 Å². The van der Waals surface area contributed by atoms with Crippen LogP contribution in [-0.4, -0.2) is 62.8 Å². The first-order chi connectivity index (χ1) is 15.9. The topological polar surface area (TPSA) is 66.9 Å². The summed E-state index contributed by atoms with van der Waals surface area (Å²) in [5.41, 5.74) is 6.06. The van der Waals surface area contributed by atoms with E-state index in [0.29, 0.717) is 17.9 Å². The normalized spacial score (nSPS) is 14.4. The Morgan fingerprint density at radius 3 is 2.42 bits per heavy atom. The Bertz CT molecular complexity index is 1150. The number of piperazine rings is 1. The first-order valence-electron chi connectivity index (χ1n) is 11.4. The number of ether oxygens (including phenoxy) is 2. The Labute approximate surface area is 195 Å². The lowest BCUT2D eigenvalue weighted by Gasteiger charge is -2.35. The number of likely N-dealkylation sites (N-methyl/N-ethyl adjacent to an activating group) is 1. The van der Waals surface area contributed by atoms with Crippen LogP contribution >= 0.6 is 0 Å². The van der Waals surface area contributed by atoms with Crippen LogP contribution in [0.4, 0.5) is 17.1 Å². The molecule has 0 radical (unpaired) electrons. The number of carbonyl (C=O) groups excluding carboxylic acids is 1. The van der Waals surface area contributed by atoms with Gasteiger partial charge in [-0.2, -0.15) is 0 Å². The first kappa shape index (κ1) is 22.9. The van der Waals surface area contributed by atoms with Crippen molar-refractivity contribution in [1.29, 1.82) is 0 Å². The predicted octanol–water partition coefficient (Wildman–Crippen LogP) is 4.53. The number of hydrogen-bond acceptors (Lipinski definition) is 7. The van der Waals surface area contributed by atoms with E-state index in [1.54, 1.807) is 20.2 Å². The van der Waals surface area contributed by atoms with E-state index < -0.39 is 5.97 Å². The number of para-hydroxylation sites is 1. The van der Waals surface area contributed by atoms with Crippen LogP contribution < -0.4 is 15.0 Å². The van der Waals surface area contributed by atoms with Crippen LogP contribution in [0.15, 0.2) is 36.5 Å². The molecule has 1 saturated heterocycles. The highest BCUT2D eigenvalue weighted by molar-refractivity contribution is 6.07. The van der Waals surface area contributed by atoms with Gasteiger partial charge < -0.3 is 24.6 Å². The molecule has 3 aromatic rings. The molecule has 1 N–H and O–H groups in total. The summed E-state index contributed by atoms with van der Waals surface area (Å²) in [6.45, 7) is 10.00. The molecule has 0 amide bonds. The third-order valence-corrected chi connectivity index (χ3v) is 6.24. The van der Waals surface area contributed by atoms with Gasteiger partial charge >= 0.3 is 5.97 Å². The Kier molecular flexibility index (Phi) is 6.70. The molecular formula is C26H32N4O3. The SMILES string of the molecule is CCOC(=O)c1cnc2cc(OC)c(N3CCN(C)CC3)cc2c1Nc1c(C)cccc1C. The summed E-state index contributed by atoms with van der Waals surface area (Å²) in [6, 6.07) is 10.2. The molecule has 0 saturated carbocycles. The molecule has 2 heterocycles. The number of anilines is 3. The van der Waals surface area contributed by atoms with E-state index in [4.69, 9.17) is 9.47 Å². The lowest BCUT2D eigenvalue weighted by Crippen LogP contribution is -2.44. The zero-order valence-electron chi connectivity index (χ0n) is 20.1. The van der Waals surface area contributed by atoms with Gasteiger partial charge in [0.25, 0.3) is 0 Å². The van der Waals surface area contributed by atoms with E-state index in [2.05, 4.69) is 59.2 Å². The van der Waals surface area contributed by atoms with Gasteiger partial charge in [-0.25, -0.2) is 4.79 Å². The van der Waals surface area contributed by atoms with Crippen molar-refractivity contribution in [3.8, 4) is 5.75 Å². The maximum atomic E-state index is 12.9. The van der Waals surface area contributed by atoms with Crippen molar-refractivity contribution in [2.75, 3.05) is 57.2 Å². The molecule has 2 aromatic carbocycles. The molecule has 0 unspecified atom stereocenters. The number of nitrogens with one attached hydrogen (secondary N) is 1. The fraction of sp³-hybridized carbons (Fsp3) is 0.385. The van der Waals surface area contributed by atoms with Crippen LogP contribution in [0.1, 0.15) is 28.4 Å². The van der Waals surface area contributed by atoms with Crippen LogP contribution in [0.25, 0.3) is 10.9 Å². The minimum absolute atomic E-state index is 0.300. The summed E-state index contributed by atoms with van der Waals surface area (Å²) in [7, 11) is 3.82. The summed E-state index contributed by atoms with van der Waals surface area (Å²) in [5, 5.41) is 4.42. The molecule has 1 fully saturated rings. The van der Waals surface area contributed by atoms with Gasteiger partial charge in [0.2, 0.25) is 0 Å². The van der Waals surface area contributed by atoms with E-state index in [0.717, 1.165) is 65.3 Å². The fourth-order valence-corrected chi connectivity index (χ4v) is 4.30. The number of fused-ring (bicyclic) bond motifs is 1. The average molecular weight is 449 g/mol. The zero-order chi connectivity index (χ0) is 23.5. The zero-order valence-corrected chi connectivity index (χ0v) is 20.1. The molecule has 33 heavy (non-hydrogen) atoms. The third kappa shape index (κ3) is 4.59. The Balaban J connectivity index is 1.91. The van der Waals surface area contributed by atoms with Gasteiger partial charge in [0, 0.05) is 49.5 Å². The molecule has 0 spiro atoms. The number of pyridine rings is 1. The minimum atomic E-state index is -0.391. The molecular weight excluding hydrogens is 416 g/mol. The van der Waals surface area contributed by atoms with Crippen LogP contribution in [0.5, 0.6) is 5.75 Å². The largest absolute Gasteiger partial charge is 0.495 e. The standard InChI is InChI=1S/C26H32N4O3/c1-6-33-26(31)20-16-27-21-15-23(32-5)22(30-12-10-29(4)11-13-30)14-19(21)25(20)28-24-17(2)8-7-9-18(24)3/h7-9,14-16H,6,10-13H2,1-5H3,(H,27,28). The average Bonchev–Trinajstić information content (AvgIpc) is 2.81. The number of hydrogen-bond donors (Lipinski definition) is 1. The number of rotatable bonds is 6. The summed E-state index contributed by atoms with van der Waals surface area (Å²) in [4.78, 5) is 22.1. The Hall–Kier alpha value is -3.32. The maximum absolute atomic E-state index is 12.9. The molecule has 1 aliphatic heterocycles. The van der Waals surface area contributed by atoms with E-state index in [1.807, 2.05) is 12.1 Å². The molecule has 7 nitrogen and oxygen atoms in total. The summed E-state index contributed by atoms with van der Waals surface area (Å²) >= 11 is 0. The second kappa shape index (κ2) is 9.67. The number of aryl methyl sites for hydroxylation is 2. The van der Waals surface area contributed by atoms with Gasteiger partial charge in [-0.3, -0.25) is 4.98 Å². The fourth-order valence-electron chi connectivity index (χ4n) is 4.30. The number of carbonyl (C=O) groups is 1. The van der Waals surface area contributed by atoms with E-state index >= 15 is 0 Å². The van der Waals surface area contributed by atoms with Crippen molar-refractivity contribution < 1.29 is 14.3 Å². The Morgan fingerprint density at radius 2 is 1.79 bits per heavy atom. The van der Waals surface area contributed by atoms with Crippen LogP contribution in [-0.2, 0) is 4.74 Å². The smallest absolute Gasteiger partial charge is 0.341 e. The van der Waals surface area contributed by atoms with Crippen LogP contribution in [0, 0.1) is 13.8 Å². The predicted molar refractivity (Wildman–Crippen MR) is 133 cm³/mol. The second-order valence-corrected chi connectivity index (χ2v) is 8.49. The van der Waals surface area contributed by atoms with Gasteiger partial charge in [0.1, 0.15) is 11.3 Å². The summed E-state index contributed by atoms with van der Waals surface area (Å²) in [6.07, 6.45) is 1.59. The molecule has 1 aromatic heterocycles. The van der Waals surface area contributed by atoms with Crippen molar-refractivity contribution >= 4 is 33.9 Å². The van der Waals surface area contributed by atoms with Gasteiger partial charge in [-0.05, 0) is 45.0 Å². The van der Waals surface area contributed by atoms with Crippen LogP contribution in [0.3, 0.4) is 0 Å². The molecule has 4 rings (SSSR count). The second-order valence-electron chi connectivity index (χ2n) is 8.49. The highest BCUT2D eigenvalue weighted by atomic mass is 16.5. The quantitative estimate of drug-likeness (QED) is 0.556. The molecule has 174 valence electrons. The van der Waals surface area contributed by atoms with Gasteiger partial charge in [-0.15, -0.1) is 0 Å². The lowest BCUT2D eigenvalue weighted by molar-refractivity contribution is 0.0527. The lowest BCUT2D eigenvalue weighted by atomic mass is 10.0. The van der Waals surface area contributed by atoms with E-state index in [9.17, 15) is 4.79 Å². The molecule has 0 aliphatic carbocycles. The summed E-state index contributed by atoms with van der Waals surface area (Å²) < 4.78 is 11.1. The summed E-state index contributed by atoms with van der Waals surface area (Å²) in [5.74, 6) is 0.388. The first-order valence-corrected chi connectivity index (χ1v) is 11.4. The van der Waals surface area contributed by atoms with Crippen molar-refractivity contribution in [2.24, 2.45) is 0 Å². The monoisotopic (exact) mass is 448 g/mol. The van der Waals surface area contributed by atoms with Crippen molar-refractivity contribution in [2.45, 2.75) is 20.8 Å². The number of aromatic nitrogens is 1. The molecule has 0 atom stereocenters. The van der Waals surface area contributed by atoms with Crippen LogP contribution in [0.2, 0.25) is 0 Å². The van der Waals surface area contributed by atoms with E-state index in [1.165, 1.54) is 0 Å². The molecule has 0 bridgehead atoms. The minimum Gasteiger partial charge on any atom is -0.495 e. The van der Waals surface area contributed by atoms with Gasteiger partial charge in [-0.1, -0.05) is 18.2 Å². The van der Waals surface area contributed by atoms with Crippen molar-refractivity contribution in [3.05, 3.63) is 53.2 Å². The van der Waals surface area contributed by atoms with Crippen molar-refractivity contribution in [1.82, 2.24) is 9.88 Å². The maximum Gasteiger partial charge on any atom is 0.341 e. The van der Waals surface area contributed by atoms with Gasteiger partial charge in [0.15, 0.2) is 0 Å².